The number of ether oxygens (including phenoxy) is 1. The molecule has 3 heteroatoms. The second-order valence-corrected chi connectivity index (χ2v) is 7.14. The molecule has 1 N–H and O–H groups in total. The molecule has 24 heavy (non-hydrogen) atoms. The van der Waals surface area contributed by atoms with Gasteiger partial charge in [0.05, 0.1) is 19.3 Å². The first-order chi connectivity index (χ1) is 11.3. The van der Waals surface area contributed by atoms with Crippen molar-refractivity contribution in [1.29, 1.82) is 0 Å². The Morgan fingerprint density at radius 3 is 2.08 bits per heavy atom. The lowest BCUT2D eigenvalue weighted by molar-refractivity contribution is 0.0600. The minimum Gasteiger partial charge on any atom is -0.465 e. The Bertz CT molecular complexity index is 664. The van der Waals surface area contributed by atoms with E-state index in [0.29, 0.717) is 5.56 Å². The highest BCUT2D eigenvalue weighted by molar-refractivity contribution is 5.89. The van der Waals surface area contributed by atoms with Gasteiger partial charge in [-0.15, -0.1) is 0 Å². The molecule has 0 aliphatic rings. The van der Waals surface area contributed by atoms with Gasteiger partial charge >= 0.3 is 5.97 Å². The van der Waals surface area contributed by atoms with Crippen molar-refractivity contribution in [3.8, 4) is 0 Å². The van der Waals surface area contributed by atoms with Gasteiger partial charge in [0.15, 0.2) is 0 Å². The molecule has 0 heterocycles. The quantitative estimate of drug-likeness (QED) is 0.842. The van der Waals surface area contributed by atoms with Crippen LogP contribution in [0.4, 0.5) is 0 Å². The Kier molecular flexibility index (Phi) is 5.79. The van der Waals surface area contributed by atoms with Crippen LogP contribution in [-0.4, -0.2) is 24.8 Å². The Balaban J connectivity index is 2.13. The molecule has 0 fully saturated rings. The first-order valence-corrected chi connectivity index (χ1v) is 8.23. The van der Waals surface area contributed by atoms with Crippen molar-refractivity contribution in [2.24, 2.45) is 0 Å². The molecule has 0 radical (unpaired) electrons. The average molecular weight is 326 g/mol. The zero-order valence-electron chi connectivity index (χ0n) is 14.9. The predicted octanol–water partition coefficient (Wildman–Crippen LogP) is 4.09. The van der Waals surface area contributed by atoms with Crippen LogP contribution in [0, 0.1) is 0 Å². The van der Waals surface area contributed by atoms with E-state index in [2.05, 4.69) is 45.0 Å². The minimum absolute atomic E-state index is 0.0444. The summed E-state index contributed by atoms with van der Waals surface area (Å²) in [5.41, 5.74) is 4.16. The number of hydrogen-bond acceptors (Lipinski definition) is 3. The van der Waals surface area contributed by atoms with Gasteiger partial charge in [0.2, 0.25) is 0 Å². The van der Waals surface area contributed by atoms with Gasteiger partial charge in [0.25, 0.3) is 0 Å². The van der Waals surface area contributed by atoms with Crippen molar-refractivity contribution in [2.75, 3.05) is 13.7 Å². The summed E-state index contributed by atoms with van der Waals surface area (Å²) >= 11 is 0. The molecule has 0 unspecified atom stereocenters. The van der Waals surface area contributed by atoms with E-state index in [-0.39, 0.29) is 23.9 Å². The molecule has 128 valence electrons. The normalized spacial score (nSPS) is 12.7. The van der Waals surface area contributed by atoms with Crippen molar-refractivity contribution in [1.82, 2.24) is 0 Å². The van der Waals surface area contributed by atoms with Gasteiger partial charge in [0, 0.05) is 5.92 Å². The van der Waals surface area contributed by atoms with Crippen molar-refractivity contribution in [2.45, 2.75) is 38.5 Å². The Morgan fingerprint density at radius 1 is 1.04 bits per heavy atom. The largest absolute Gasteiger partial charge is 0.465 e. The topological polar surface area (TPSA) is 46.5 Å². The first kappa shape index (κ1) is 18.2. The van der Waals surface area contributed by atoms with Gasteiger partial charge in [0.1, 0.15) is 0 Å². The number of carbonyl (C=O) groups excluding carboxylic acids is 1. The summed E-state index contributed by atoms with van der Waals surface area (Å²) in [6.45, 7) is 6.66. The van der Waals surface area contributed by atoms with Crippen LogP contribution in [0.5, 0.6) is 0 Å². The summed E-state index contributed by atoms with van der Waals surface area (Å²) < 4.78 is 4.71. The van der Waals surface area contributed by atoms with Gasteiger partial charge < -0.3 is 9.84 Å². The maximum atomic E-state index is 11.5. The zero-order chi connectivity index (χ0) is 17.7. The fourth-order valence-electron chi connectivity index (χ4n) is 2.72. The highest BCUT2D eigenvalue weighted by Gasteiger charge is 2.16. The fourth-order valence-corrected chi connectivity index (χ4v) is 2.72. The number of methoxy groups -OCH3 is 1. The number of rotatable bonds is 5. The van der Waals surface area contributed by atoms with Crippen LogP contribution in [0.15, 0.2) is 48.5 Å². The van der Waals surface area contributed by atoms with Gasteiger partial charge in [-0.2, -0.15) is 0 Å². The van der Waals surface area contributed by atoms with Gasteiger partial charge in [-0.25, -0.2) is 4.79 Å². The lowest BCUT2D eigenvalue weighted by atomic mass is 9.85. The van der Waals surface area contributed by atoms with Gasteiger partial charge in [-0.05, 0) is 40.7 Å². The maximum Gasteiger partial charge on any atom is 0.337 e. The smallest absolute Gasteiger partial charge is 0.337 e. The SMILES string of the molecule is COC(=O)c1ccc(C[C@H](CO)c2ccc(C(C)(C)C)cc2)cc1. The van der Waals surface area contributed by atoms with E-state index < -0.39 is 0 Å². The summed E-state index contributed by atoms with van der Waals surface area (Å²) in [6.07, 6.45) is 0.729. The number of carbonyl (C=O) groups is 1. The van der Waals surface area contributed by atoms with Crippen LogP contribution in [0.3, 0.4) is 0 Å². The van der Waals surface area contributed by atoms with E-state index in [0.717, 1.165) is 17.5 Å². The number of benzene rings is 2. The van der Waals surface area contributed by atoms with Crippen molar-refractivity contribution < 1.29 is 14.6 Å². The third-order valence-electron chi connectivity index (χ3n) is 4.33. The van der Waals surface area contributed by atoms with Crippen LogP contribution < -0.4 is 0 Å². The van der Waals surface area contributed by atoms with Crippen LogP contribution in [-0.2, 0) is 16.6 Å². The lowest BCUT2D eigenvalue weighted by Gasteiger charge is -2.21. The minimum atomic E-state index is -0.335. The maximum absolute atomic E-state index is 11.5. The molecular formula is C21H26O3. The predicted molar refractivity (Wildman–Crippen MR) is 96.5 cm³/mol. The molecule has 0 aromatic heterocycles. The molecule has 2 aromatic carbocycles. The molecule has 0 spiro atoms. The summed E-state index contributed by atoms with van der Waals surface area (Å²) in [6, 6.07) is 15.8. The third kappa shape index (κ3) is 4.45. The molecule has 1 atom stereocenters. The second kappa shape index (κ2) is 7.63. The lowest BCUT2D eigenvalue weighted by Crippen LogP contribution is -2.12. The van der Waals surface area contributed by atoms with E-state index in [9.17, 15) is 9.90 Å². The van der Waals surface area contributed by atoms with Crippen LogP contribution in [0.1, 0.15) is 53.7 Å². The van der Waals surface area contributed by atoms with Gasteiger partial charge in [-0.3, -0.25) is 0 Å². The van der Waals surface area contributed by atoms with E-state index in [1.807, 2.05) is 12.1 Å². The molecular weight excluding hydrogens is 300 g/mol. The molecule has 0 bridgehead atoms. The number of aliphatic hydroxyl groups excluding tert-OH is 1. The summed E-state index contributed by atoms with van der Waals surface area (Å²) in [7, 11) is 1.37. The number of hydrogen-bond donors (Lipinski definition) is 1. The Labute approximate surface area is 144 Å². The molecule has 3 nitrogen and oxygen atoms in total. The zero-order valence-corrected chi connectivity index (χ0v) is 14.9. The third-order valence-corrected chi connectivity index (χ3v) is 4.33. The summed E-state index contributed by atoms with van der Waals surface area (Å²) in [5.74, 6) is -0.291. The molecule has 2 aromatic rings. The van der Waals surface area contributed by atoms with Crippen LogP contribution >= 0.6 is 0 Å². The summed E-state index contributed by atoms with van der Waals surface area (Å²) in [4.78, 5) is 11.5. The van der Waals surface area contributed by atoms with E-state index >= 15 is 0 Å². The molecule has 0 aliphatic carbocycles. The average Bonchev–Trinajstić information content (AvgIpc) is 2.59. The molecule has 0 saturated carbocycles. The van der Waals surface area contributed by atoms with Crippen molar-refractivity contribution in [3.63, 3.8) is 0 Å². The highest BCUT2D eigenvalue weighted by Crippen LogP contribution is 2.26. The first-order valence-electron chi connectivity index (χ1n) is 8.23. The summed E-state index contributed by atoms with van der Waals surface area (Å²) in [5, 5.41) is 9.78. The van der Waals surface area contributed by atoms with Crippen molar-refractivity contribution >= 4 is 5.97 Å². The van der Waals surface area contributed by atoms with E-state index in [4.69, 9.17) is 4.74 Å². The van der Waals surface area contributed by atoms with Crippen LogP contribution in [0.2, 0.25) is 0 Å². The monoisotopic (exact) mass is 326 g/mol. The number of aliphatic hydroxyl groups is 1. The molecule has 0 amide bonds. The number of esters is 1. The molecule has 2 rings (SSSR count). The highest BCUT2D eigenvalue weighted by atomic mass is 16.5. The van der Waals surface area contributed by atoms with Crippen molar-refractivity contribution in [3.05, 3.63) is 70.8 Å². The van der Waals surface area contributed by atoms with E-state index in [1.165, 1.54) is 12.7 Å². The van der Waals surface area contributed by atoms with Gasteiger partial charge in [-0.1, -0.05) is 57.2 Å². The Hall–Kier alpha value is -2.13. The van der Waals surface area contributed by atoms with E-state index in [1.54, 1.807) is 12.1 Å². The molecule has 0 saturated heterocycles. The standard InChI is InChI=1S/C21H26O3/c1-21(2,3)19-11-9-16(10-12-19)18(14-22)13-15-5-7-17(8-6-15)20(23)24-4/h5-12,18,22H,13-14H2,1-4H3/t18-/m1/s1. The fraction of sp³-hybridized carbons (Fsp3) is 0.381. The second-order valence-electron chi connectivity index (χ2n) is 7.14. The molecule has 0 aliphatic heterocycles. The van der Waals surface area contributed by atoms with Crippen LogP contribution in [0.25, 0.3) is 0 Å². The Morgan fingerprint density at radius 2 is 1.62 bits per heavy atom.